The zero-order valence-electron chi connectivity index (χ0n) is 20.3. The van der Waals surface area contributed by atoms with Crippen LogP contribution in [0.1, 0.15) is 62.8 Å². The van der Waals surface area contributed by atoms with Gasteiger partial charge in [-0.1, -0.05) is 61.4 Å². The molecule has 1 saturated carbocycles. The molecule has 0 bridgehead atoms. The van der Waals surface area contributed by atoms with Crippen LogP contribution in [0, 0.1) is 0 Å². The quantitative estimate of drug-likeness (QED) is 0.468. The first-order valence-electron chi connectivity index (χ1n) is 13.5. The second-order valence-corrected chi connectivity index (χ2v) is 10.6. The summed E-state index contributed by atoms with van der Waals surface area (Å²) in [5, 5.41) is 1.34. The fourth-order valence-corrected chi connectivity index (χ4v) is 6.85. The van der Waals surface area contributed by atoms with Crippen molar-refractivity contribution in [1.29, 1.82) is 0 Å². The van der Waals surface area contributed by atoms with Gasteiger partial charge in [0.15, 0.2) is 0 Å². The first-order valence-corrected chi connectivity index (χ1v) is 13.5. The molecule has 0 unspecified atom stereocenters. The van der Waals surface area contributed by atoms with Crippen molar-refractivity contribution in [3.63, 3.8) is 0 Å². The molecule has 0 atom stereocenters. The molecule has 0 N–H and O–H groups in total. The lowest BCUT2D eigenvalue weighted by Gasteiger charge is -2.36. The summed E-state index contributed by atoms with van der Waals surface area (Å²) in [6, 6.07) is 20.2. The number of likely N-dealkylation sites (tertiary alicyclic amines) is 2. The molecule has 2 aliphatic heterocycles. The highest BCUT2D eigenvalue weighted by Crippen LogP contribution is 2.44. The predicted molar refractivity (Wildman–Crippen MR) is 139 cm³/mol. The number of benzene rings is 2. The van der Waals surface area contributed by atoms with Gasteiger partial charge in [0.05, 0.1) is 5.69 Å². The van der Waals surface area contributed by atoms with Crippen LogP contribution in [0.4, 0.5) is 0 Å². The molecule has 0 spiro atoms. The first-order chi connectivity index (χ1) is 16.8. The minimum Gasteiger partial charge on any atom is -0.341 e. The van der Waals surface area contributed by atoms with Crippen molar-refractivity contribution in [1.82, 2.24) is 14.4 Å². The maximum absolute atomic E-state index is 13.6. The Balaban J connectivity index is 1.32. The van der Waals surface area contributed by atoms with Gasteiger partial charge in [-0.25, -0.2) is 0 Å². The summed E-state index contributed by atoms with van der Waals surface area (Å²) in [5.74, 6) is 0.864. The second-order valence-electron chi connectivity index (χ2n) is 10.6. The number of carbonyl (C=O) groups excluding carboxylic acids is 1. The number of fused-ring (bicyclic) bond motifs is 1. The van der Waals surface area contributed by atoms with Crippen LogP contribution in [0.2, 0.25) is 0 Å². The fourth-order valence-electron chi connectivity index (χ4n) is 6.85. The van der Waals surface area contributed by atoms with Crippen LogP contribution in [0.5, 0.6) is 0 Å². The number of hydrogen-bond donors (Lipinski definition) is 0. The van der Waals surface area contributed by atoms with E-state index in [0.29, 0.717) is 18.5 Å². The molecule has 4 heteroatoms. The zero-order valence-corrected chi connectivity index (χ0v) is 20.3. The molecule has 1 amide bonds. The highest BCUT2D eigenvalue weighted by molar-refractivity contribution is 5.94. The molecule has 178 valence electrons. The number of para-hydroxylation sites is 1. The average molecular weight is 456 g/mol. The molecule has 4 nitrogen and oxygen atoms in total. The fraction of sp³-hybridized carbons (Fsp3) is 0.500. The highest BCUT2D eigenvalue weighted by atomic mass is 16.2. The van der Waals surface area contributed by atoms with E-state index in [1.54, 1.807) is 0 Å². The van der Waals surface area contributed by atoms with Gasteiger partial charge < -0.3 is 14.4 Å². The molecular formula is C30H37N3O. The number of nitrogens with zero attached hydrogens (tertiary/aromatic N) is 3. The molecule has 1 aromatic heterocycles. The summed E-state index contributed by atoms with van der Waals surface area (Å²) in [6.45, 7) is 4.73. The van der Waals surface area contributed by atoms with Gasteiger partial charge in [-0.3, -0.25) is 4.79 Å². The van der Waals surface area contributed by atoms with E-state index in [2.05, 4.69) is 69.0 Å². The Labute approximate surface area is 203 Å². The normalized spacial score (nSPS) is 20.5. The summed E-state index contributed by atoms with van der Waals surface area (Å²) in [7, 11) is 0. The summed E-state index contributed by atoms with van der Waals surface area (Å²) in [4.78, 5) is 18.4. The minimum absolute atomic E-state index is 0.274. The highest BCUT2D eigenvalue weighted by Gasteiger charge is 2.31. The Morgan fingerprint density at radius 2 is 1.44 bits per heavy atom. The third-order valence-corrected chi connectivity index (χ3v) is 8.59. The SMILES string of the molecule is O=C(Cn1c(-c2ccccc2)c(C2CCCC2)c2ccccc21)N1CCC(N2CCCC2)CC1. The van der Waals surface area contributed by atoms with Gasteiger partial charge in [-0.05, 0) is 74.7 Å². The van der Waals surface area contributed by atoms with Crippen LogP contribution >= 0.6 is 0 Å². The number of rotatable bonds is 5. The van der Waals surface area contributed by atoms with E-state index in [-0.39, 0.29) is 5.91 Å². The lowest BCUT2D eigenvalue weighted by molar-refractivity contribution is -0.133. The Kier molecular flexibility index (Phi) is 6.17. The average Bonchev–Trinajstić information content (AvgIpc) is 3.66. The maximum atomic E-state index is 13.6. The van der Waals surface area contributed by atoms with Gasteiger partial charge in [0.25, 0.3) is 0 Å². The molecule has 2 aromatic carbocycles. The van der Waals surface area contributed by atoms with E-state index in [1.807, 2.05) is 0 Å². The van der Waals surface area contributed by atoms with E-state index in [1.165, 1.54) is 79.3 Å². The van der Waals surface area contributed by atoms with E-state index >= 15 is 0 Å². The molecule has 3 aromatic rings. The van der Waals surface area contributed by atoms with E-state index < -0.39 is 0 Å². The zero-order chi connectivity index (χ0) is 22.9. The van der Waals surface area contributed by atoms with E-state index in [0.717, 1.165) is 25.9 Å². The topological polar surface area (TPSA) is 28.5 Å². The Hall–Kier alpha value is -2.59. The van der Waals surface area contributed by atoms with Crippen molar-refractivity contribution in [2.75, 3.05) is 26.2 Å². The maximum Gasteiger partial charge on any atom is 0.242 e. The largest absolute Gasteiger partial charge is 0.341 e. The van der Waals surface area contributed by atoms with E-state index in [9.17, 15) is 4.79 Å². The number of aromatic nitrogens is 1. The Bertz CT molecular complexity index is 1130. The summed E-state index contributed by atoms with van der Waals surface area (Å²) in [5.41, 5.74) is 5.19. The van der Waals surface area contributed by atoms with Gasteiger partial charge in [-0.15, -0.1) is 0 Å². The smallest absolute Gasteiger partial charge is 0.242 e. The minimum atomic E-state index is 0.274. The third-order valence-electron chi connectivity index (χ3n) is 8.59. The summed E-state index contributed by atoms with van der Waals surface area (Å²) in [6.07, 6.45) is 10.1. The number of carbonyl (C=O) groups is 1. The molecule has 3 fully saturated rings. The first kappa shape index (κ1) is 21.9. The molecule has 3 aliphatic rings. The summed E-state index contributed by atoms with van der Waals surface area (Å²) < 4.78 is 2.34. The van der Waals surface area contributed by atoms with Crippen LogP contribution in [-0.2, 0) is 11.3 Å². The van der Waals surface area contributed by atoms with Crippen LogP contribution in [-0.4, -0.2) is 52.5 Å². The monoisotopic (exact) mass is 455 g/mol. The van der Waals surface area contributed by atoms with Crippen LogP contribution < -0.4 is 0 Å². The molecule has 3 heterocycles. The number of amides is 1. The van der Waals surface area contributed by atoms with Crippen molar-refractivity contribution >= 4 is 16.8 Å². The van der Waals surface area contributed by atoms with Crippen LogP contribution in [0.15, 0.2) is 54.6 Å². The van der Waals surface area contributed by atoms with Crippen molar-refractivity contribution < 1.29 is 4.79 Å². The van der Waals surface area contributed by atoms with Gasteiger partial charge in [0.2, 0.25) is 5.91 Å². The molecule has 6 rings (SSSR count). The van der Waals surface area contributed by atoms with Gasteiger partial charge in [0, 0.05) is 30.0 Å². The van der Waals surface area contributed by atoms with Crippen molar-refractivity contribution in [2.45, 2.75) is 69.9 Å². The van der Waals surface area contributed by atoms with Crippen molar-refractivity contribution in [3.8, 4) is 11.3 Å². The Morgan fingerprint density at radius 3 is 2.18 bits per heavy atom. The molecule has 2 saturated heterocycles. The third kappa shape index (κ3) is 4.07. The lowest BCUT2D eigenvalue weighted by atomic mass is 9.92. The summed E-state index contributed by atoms with van der Waals surface area (Å²) >= 11 is 0. The molecule has 34 heavy (non-hydrogen) atoms. The van der Waals surface area contributed by atoms with Gasteiger partial charge >= 0.3 is 0 Å². The van der Waals surface area contributed by atoms with Crippen LogP contribution in [0.25, 0.3) is 22.2 Å². The molecule has 0 radical (unpaired) electrons. The molecular weight excluding hydrogens is 418 g/mol. The van der Waals surface area contributed by atoms with Crippen molar-refractivity contribution in [3.05, 3.63) is 60.2 Å². The standard InChI is InChI=1S/C30H37N3O/c34-28(32-20-16-25(17-21-32)31-18-8-9-19-31)22-33-27-15-7-6-14-26(27)29(23-10-4-5-11-23)30(33)24-12-2-1-3-13-24/h1-3,6-7,12-15,23,25H,4-5,8-11,16-22H2. The number of piperidine rings is 1. The Morgan fingerprint density at radius 1 is 0.765 bits per heavy atom. The lowest BCUT2D eigenvalue weighted by Crippen LogP contribution is -2.46. The molecule has 1 aliphatic carbocycles. The van der Waals surface area contributed by atoms with Crippen molar-refractivity contribution in [2.24, 2.45) is 0 Å². The van der Waals surface area contributed by atoms with E-state index in [4.69, 9.17) is 0 Å². The second kappa shape index (κ2) is 9.58. The van der Waals surface area contributed by atoms with Crippen LogP contribution in [0.3, 0.4) is 0 Å². The predicted octanol–water partition coefficient (Wildman–Crippen LogP) is 6.05. The van der Waals surface area contributed by atoms with Gasteiger partial charge in [-0.2, -0.15) is 0 Å². The van der Waals surface area contributed by atoms with Gasteiger partial charge in [0.1, 0.15) is 6.54 Å². The number of hydrogen-bond acceptors (Lipinski definition) is 2.